The van der Waals surface area contributed by atoms with E-state index in [1.807, 2.05) is 12.1 Å². The second kappa shape index (κ2) is 7.63. The van der Waals surface area contributed by atoms with E-state index in [0.29, 0.717) is 23.4 Å². The van der Waals surface area contributed by atoms with Crippen LogP contribution in [0.3, 0.4) is 0 Å². The third-order valence-corrected chi connectivity index (χ3v) is 6.07. The maximum absolute atomic E-state index is 13.2. The van der Waals surface area contributed by atoms with Crippen molar-refractivity contribution in [2.75, 3.05) is 31.1 Å². The van der Waals surface area contributed by atoms with Crippen LogP contribution in [0.5, 0.6) is 0 Å². The Kier molecular flexibility index (Phi) is 4.89. The SMILES string of the molecule is NC(=O)c1cc(-c2cccc(C(F)(F)F)c2)nc2c1Cc1cc(N3CCNCC3)ccc1-2. The Morgan fingerprint density at radius 2 is 1.84 bits per heavy atom. The normalized spacial score (nSPS) is 15.4. The van der Waals surface area contributed by atoms with E-state index in [4.69, 9.17) is 5.73 Å². The number of halogens is 3. The summed E-state index contributed by atoms with van der Waals surface area (Å²) >= 11 is 0. The summed E-state index contributed by atoms with van der Waals surface area (Å²) in [6.45, 7) is 3.67. The third kappa shape index (κ3) is 3.60. The number of amides is 1. The van der Waals surface area contributed by atoms with Gasteiger partial charge < -0.3 is 16.0 Å². The Bertz CT molecular complexity index is 1220. The van der Waals surface area contributed by atoms with Crippen molar-refractivity contribution in [3.05, 3.63) is 70.8 Å². The number of pyridine rings is 1. The molecule has 2 aromatic carbocycles. The first-order valence-electron chi connectivity index (χ1n) is 10.4. The van der Waals surface area contributed by atoms with Gasteiger partial charge >= 0.3 is 6.18 Å². The number of alkyl halides is 3. The molecule has 0 atom stereocenters. The van der Waals surface area contributed by atoms with Crippen LogP contribution in [0.15, 0.2) is 48.5 Å². The number of carbonyl (C=O) groups is 1. The molecule has 5 rings (SSSR count). The molecular formula is C24H21F3N4O. The molecule has 0 radical (unpaired) electrons. The molecule has 8 heteroatoms. The fraction of sp³-hybridized carbons (Fsp3) is 0.250. The monoisotopic (exact) mass is 438 g/mol. The minimum Gasteiger partial charge on any atom is -0.369 e. The van der Waals surface area contributed by atoms with Gasteiger partial charge in [0.05, 0.1) is 17.0 Å². The van der Waals surface area contributed by atoms with Crippen molar-refractivity contribution in [3.63, 3.8) is 0 Å². The molecule has 2 aliphatic rings. The topological polar surface area (TPSA) is 71.2 Å². The van der Waals surface area contributed by atoms with Crippen LogP contribution in [0.2, 0.25) is 0 Å². The number of nitrogens with zero attached hydrogens (tertiary/aromatic N) is 2. The Morgan fingerprint density at radius 3 is 2.56 bits per heavy atom. The van der Waals surface area contributed by atoms with E-state index in [0.717, 1.165) is 60.7 Å². The quantitative estimate of drug-likeness (QED) is 0.510. The van der Waals surface area contributed by atoms with Crippen LogP contribution in [-0.2, 0) is 12.6 Å². The van der Waals surface area contributed by atoms with Crippen LogP contribution in [0.4, 0.5) is 18.9 Å². The number of aromatic nitrogens is 1. The molecule has 2 heterocycles. The number of nitrogens with one attached hydrogen (secondary N) is 1. The predicted octanol–water partition coefficient (Wildman–Crippen LogP) is 3.85. The van der Waals surface area contributed by atoms with Crippen molar-refractivity contribution in [1.82, 2.24) is 10.3 Å². The Hall–Kier alpha value is -3.39. The van der Waals surface area contributed by atoms with Crippen LogP contribution >= 0.6 is 0 Å². The maximum Gasteiger partial charge on any atom is 0.416 e. The van der Waals surface area contributed by atoms with Gasteiger partial charge in [0.1, 0.15) is 0 Å². The van der Waals surface area contributed by atoms with Gasteiger partial charge in [-0.2, -0.15) is 13.2 Å². The standard InChI is InChI=1S/C24H21F3N4O/c25-24(26,27)16-3-1-2-14(10-16)21-13-20(23(28)32)19-12-15-11-17(31-8-6-29-7-9-31)4-5-18(15)22(19)30-21/h1-5,10-11,13,29H,6-9,12H2,(H2,28,32). The predicted molar refractivity (Wildman–Crippen MR) is 117 cm³/mol. The van der Waals surface area contributed by atoms with E-state index >= 15 is 0 Å². The summed E-state index contributed by atoms with van der Waals surface area (Å²) in [5.41, 5.74) is 10.1. The summed E-state index contributed by atoms with van der Waals surface area (Å²) in [6.07, 6.45) is -3.95. The number of benzene rings is 2. The second-order valence-corrected chi connectivity index (χ2v) is 8.08. The lowest BCUT2D eigenvalue weighted by molar-refractivity contribution is -0.137. The minimum absolute atomic E-state index is 0.288. The van der Waals surface area contributed by atoms with Crippen molar-refractivity contribution in [3.8, 4) is 22.5 Å². The average molecular weight is 438 g/mol. The zero-order chi connectivity index (χ0) is 22.5. The van der Waals surface area contributed by atoms with E-state index in [1.165, 1.54) is 12.1 Å². The number of anilines is 1. The first kappa shape index (κ1) is 20.5. The Morgan fingerprint density at radius 1 is 1.06 bits per heavy atom. The van der Waals surface area contributed by atoms with E-state index in [2.05, 4.69) is 21.3 Å². The molecule has 5 nitrogen and oxygen atoms in total. The van der Waals surface area contributed by atoms with Crippen LogP contribution < -0.4 is 16.0 Å². The van der Waals surface area contributed by atoms with Gasteiger partial charge in [0.25, 0.3) is 0 Å². The molecule has 0 saturated carbocycles. The fourth-order valence-corrected chi connectivity index (χ4v) is 4.46. The van der Waals surface area contributed by atoms with Gasteiger partial charge in [-0.1, -0.05) is 18.2 Å². The van der Waals surface area contributed by atoms with Gasteiger partial charge in [-0.3, -0.25) is 4.79 Å². The van der Waals surface area contributed by atoms with Gasteiger partial charge in [-0.25, -0.2) is 4.98 Å². The van der Waals surface area contributed by atoms with Crippen LogP contribution in [-0.4, -0.2) is 37.1 Å². The highest BCUT2D eigenvalue weighted by molar-refractivity contribution is 5.98. The van der Waals surface area contributed by atoms with Crippen molar-refractivity contribution in [2.24, 2.45) is 5.73 Å². The number of carbonyl (C=O) groups excluding carboxylic acids is 1. The number of hydrogen-bond donors (Lipinski definition) is 2. The molecular weight excluding hydrogens is 417 g/mol. The third-order valence-electron chi connectivity index (χ3n) is 6.07. The van der Waals surface area contributed by atoms with Crippen molar-refractivity contribution < 1.29 is 18.0 Å². The maximum atomic E-state index is 13.2. The Labute approximate surface area is 183 Å². The summed E-state index contributed by atoms with van der Waals surface area (Å²) in [5, 5.41) is 3.33. The molecule has 1 aliphatic heterocycles. The summed E-state index contributed by atoms with van der Waals surface area (Å²) in [5.74, 6) is -0.619. The molecule has 0 spiro atoms. The van der Waals surface area contributed by atoms with Crippen LogP contribution in [0.25, 0.3) is 22.5 Å². The van der Waals surface area contributed by atoms with Gasteiger partial charge in [-0.15, -0.1) is 0 Å². The zero-order valence-electron chi connectivity index (χ0n) is 17.2. The lowest BCUT2D eigenvalue weighted by Crippen LogP contribution is -2.43. The van der Waals surface area contributed by atoms with Gasteiger partial charge in [0.15, 0.2) is 0 Å². The summed E-state index contributed by atoms with van der Waals surface area (Å²) < 4.78 is 39.6. The highest BCUT2D eigenvalue weighted by Gasteiger charge is 2.31. The Balaban J connectivity index is 1.60. The lowest BCUT2D eigenvalue weighted by Gasteiger charge is -2.29. The highest BCUT2D eigenvalue weighted by atomic mass is 19.4. The van der Waals surface area contributed by atoms with Crippen molar-refractivity contribution in [1.29, 1.82) is 0 Å². The smallest absolute Gasteiger partial charge is 0.369 e. The molecule has 1 amide bonds. The molecule has 1 fully saturated rings. The number of piperazine rings is 1. The van der Waals surface area contributed by atoms with Gasteiger partial charge in [0.2, 0.25) is 5.91 Å². The molecule has 164 valence electrons. The van der Waals surface area contributed by atoms with E-state index in [1.54, 1.807) is 6.07 Å². The second-order valence-electron chi connectivity index (χ2n) is 8.08. The molecule has 0 unspecified atom stereocenters. The number of primary amides is 1. The molecule has 0 bridgehead atoms. The summed E-state index contributed by atoms with van der Waals surface area (Å²) in [4.78, 5) is 19.2. The molecule has 1 saturated heterocycles. The number of rotatable bonds is 3. The van der Waals surface area contributed by atoms with E-state index in [9.17, 15) is 18.0 Å². The van der Waals surface area contributed by atoms with Crippen LogP contribution in [0.1, 0.15) is 27.0 Å². The molecule has 1 aliphatic carbocycles. The number of hydrogen-bond acceptors (Lipinski definition) is 4. The lowest BCUT2D eigenvalue weighted by atomic mass is 10.0. The molecule has 1 aromatic heterocycles. The summed E-state index contributed by atoms with van der Waals surface area (Å²) in [7, 11) is 0. The molecule has 3 N–H and O–H groups in total. The van der Waals surface area contributed by atoms with Crippen molar-refractivity contribution >= 4 is 11.6 Å². The molecule has 32 heavy (non-hydrogen) atoms. The minimum atomic E-state index is -4.47. The van der Waals surface area contributed by atoms with E-state index < -0.39 is 17.6 Å². The van der Waals surface area contributed by atoms with Gasteiger partial charge in [0, 0.05) is 55.0 Å². The van der Waals surface area contributed by atoms with Gasteiger partial charge in [-0.05, 0) is 41.5 Å². The largest absolute Gasteiger partial charge is 0.416 e. The van der Waals surface area contributed by atoms with Crippen molar-refractivity contribution in [2.45, 2.75) is 12.6 Å². The zero-order valence-corrected chi connectivity index (χ0v) is 17.2. The number of fused-ring (bicyclic) bond motifs is 3. The first-order chi connectivity index (χ1) is 15.3. The number of nitrogens with two attached hydrogens (primary N) is 1. The highest BCUT2D eigenvalue weighted by Crippen LogP contribution is 2.41. The average Bonchev–Trinajstić information content (AvgIpc) is 3.16. The molecule has 3 aromatic rings. The van der Waals surface area contributed by atoms with E-state index in [-0.39, 0.29) is 5.56 Å². The summed E-state index contributed by atoms with van der Waals surface area (Å²) in [6, 6.07) is 12.6. The first-order valence-corrected chi connectivity index (χ1v) is 10.4. The van der Waals surface area contributed by atoms with Crippen LogP contribution in [0, 0.1) is 0 Å². The fourth-order valence-electron chi connectivity index (χ4n) is 4.46.